The monoisotopic (exact) mass is 545 g/mol. The van der Waals surface area contributed by atoms with Gasteiger partial charge in [0.1, 0.15) is 24.6 Å². The summed E-state index contributed by atoms with van der Waals surface area (Å²) >= 11 is 0. The number of ether oxygens (including phenoxy) is 2. The molecule has 4 aromatic rings. The van der Waals surface area contributed by atoms with Crippen molar-refractivity contribution in [3.8, 4) is 11.5 Å². The van der Waals surface area contributed by atoms with E-state index in [1.807, 2.05) is 0 Å². The highest BCUT2D eigenvalue weighted by atomic mass is 19.1. The van der Waals surface area contributed by atoms with Crippen LogP contribution in [0.5, 0.6) is 11.5 Å². The van der Waals surface area contributed by atoms with Crippen LogP contribution < -0.4 is 20.1 Å². The predicted molar refractivity (Wildman–Crippen MR) is 138 cm³/mol. The van der Waals surface area contributed by atoms with Gasteiger partial charge in [0.05, 0.1) is 17.8 Å². The topological polar surface area (TPSA) is 144 Å². The molecule has 1 aliphatic carbocycles. The molecule has 3 heterocycles. The minimum atomic E-state index is -1.01. The maximum absolute atomic E-state index is 14.5. The van der Waals surface area contributed by atoms with Crippen LogP contribution in [-0.4, -0.2) is 50.7 Å². The quantitative estimate of drug-likeness (QED) is 0.336. The van der Waals surface area contributed by atoms with E-state index in [1.165, 1.54) is 12.1 Å². The predicted octanol–water partition coefficient (Wildman–Crippen LogP) is 2.99. The van der Waals surface area contributed by atoms with Crippen molar-refractivity contribution in [2.45, 2.75) is 32.4 Å². The molecule has 0 spiro atoms. The molecule has 0 saturated carbocycles. The van der Waals surface area contributed by atoms with Gasteiger partial charge in [0.25, 0.3) is 11.8 Å². The van der Waals surface area contributed by atoms with Crippen LogP contribution in [0.3, 0.4) is 0 Å². The molecule has 0 unspecified atom stereocenters. The number of fused-ring (bicyclic) bond motifs is 3. The van der Waals surface area contributed by atoms with Gasteiger partial charge in [-0.05, 0) is 60.2 Å². The second kappa shape index (κ2) is 9.95. The highest BCUT2D eigenvalue weighted by Crippen LogP contribution is 2.35. The van der Waals surface area contributed by atoms with Gasteiger partial charge in [-0.15, -0.1) is 0 Å². The molecule has 2 amide bonds. The lowest BCUT2D eigenvalue weighted by Crippen LogP contribution is -2.30. The molecule has 0 saturated heterocycles. The van der Waals surface area contributed by atoms with Crippen molar-refractivity contribution in [1.29, 1.82) is 0 Å². The standard InChI is InChI=1S/C28H24FN5O6/c1-14-16-5-6-20(18(16)4-3-17(14)28(37)38)33-27(36)22-11-21(32-25-19(29)13-31-34(22)25)26(35)30-12-15-2-7-23-24(10-15)40-9-8-39-23/h2-4,7,10-11,13,20H,5-6,8-9,12H2,1H3,(H,30,35)(H,33,36)(H,37,38)/t20-/m1/s1. The van der Waals surface area contributed by atoms with Crippen LogP contribution in [0.4, 0.5) is 4.39 Å². The first-order valence-electron chi connectivity index (χ1n) is 12.7. The second-order valence-electron chi connectivity index (χ2n) is 9.59. The summed E-state index contributed by atoms with van der Waals surface area (Å²) in [4.78, 5) is 42.0. The van der Waals surface area contributed by atoms with Crippen molar-refractivity contribution >= 4 is 23.4 Å². The van der Waals surface area contributed by atoms with E-state index in [2.05, 4.69) is 20.7 Å². The molecule has 11 nitrogen and oxygen atoms in total. The first kappa shape index (κ1) is 25.3. The van der Waals surface area contributed by atoms with Crippen LogP contribution in [0.15, 0.2) is 42.6 Å². The number of carboxylic acids is 1. The maximum atomic E-state index is 14.5. The lowest BCUT2D eigenvalue weighted by molar-refractivity contribution is 0.0695. The summed E-state index contributed by atoms with van der Waals surface area (Å²) in [6, 6.07) is 9.43. The van der Waals surface area contributed by atoms with Crippen molar-refractivity contribution < 1.29 is 33.4 Å². The fraction of sp³-hybridized carbons (Fsp3) is 0.250. The number of carbonyl (C=O) groups is 3. The number of carbonyl (C=O) groups excluding carboxylic acids is 2. The fourth-order valence-electron chi connectivity index (χ4n) is 5.18. The lowest BCUT2D eigenvalue weighted by Gasteiger charge is -2.19. The summed E-state index contributed by atoms with van der Waals surface area (Å²) in [5.74, 6) is -1.75. The molecule has 1 aliphatic heterocycles. The van der Waals surface area contributed by atoms with E-state index < -0.39 is 23.6 Å². The summed E-state index contributed by atoms with van der Waals surface area (Å²) in [6.07, 6.45) is 2.09. The Morgan fingerprint density at radius 1 is 1.10 bits per heavy atom. The third-order valence-electron chi connectivity index (χ3n) is 7.18. The average Bonchev–Trinajstić information content (AvgIpc) is 3.54. The Morgan fingerprint density at radius 2 is 1.90 bits per heavy atom. The first-order chi connectivity index (χ1) is 19.3. The van der Waals surface area contributed by atoms with Crippen molar-refractivity contribution in [3.63, 3.8) is 0 Å². The Kier molecular flexibility index (Phi) is 6.29. The Labute approximate surface area is 226 Å². The summed E-state index contributed by atoms with van der Waals surface area (Å²) in [7, 11) is 0. The van der Waals surface area contributed by atoms with Crippen LogP contribution in [-0.2, 0) is 13.0 Å². The molecule has 6 rings (SSSR count). The number of rotatable bonds is 6. The van der Waals surface area contributed by atoms with Gasteiger partial charge in [0.2, 0.25) is 0 Å². The molecular formula is C28H24FN5O6. The zero-order valence-corrected chi connectivity index (χ0v) is 21.4. The van der Waals surface area contributed by atoms with Crippen LogP contribution in [0.25, 0.3) is 5.65 Å². The van der Waals surface area contributed by atoms with Crippen molar-refractivity contribution in [2.24, 2.45) is 0 Å². The van der Waals surface area contributed by atoms with Gasteiger partial charge in [-0.3, -0.25) is 9.59 Å². The van der Waals surface area contributed by atoms with E-state index >= 15 is 0 Å². The molecule has 2 aliphatic rings. The highest BCUT2D eigenvalue weighted by molar-refractivity contribution is 5.98. The maximum Gasteiger partial charge on any atom is 0.335 e. The van der Waals surface area contributed by atoms with Crippen molar-refractivity contribution in [1.82, 2.24) is 25.2 Å². The summed E-state index contributed by atoms with van der Waals surface area (Å²) in [5.41, 5.74) is 2.88. The van der Waals surface area contributed by atoms with Crippen LogP contribution in [0.2, 0.25) is 0 Å². The number of hydrogen-bond donors (Lipinski definition) is 3. The molecule has 0 fully saturated rings. The first-order valence-corrected chi connectivity index (χ1v) is 12.7. The van der Waals surface area contributed by atoms with E-state index in [-0.39, 0.29) is 35.2 Å². The Bertz CT molecular complexity index is 1700. The molecule has 2 aromatic heterocycles. The number of benzene rings is 2. The summed E-state index contributed by atoms with van der Waals surface area (Å²) < 4.78 is 26.7. The smallest absolute Gasteiger partial charge is 0.335 e. The molecule has 3 N–H and O–H groups in total. The van der Waals surface area contributed by atoms with Gasteiger partial charge >= 0.3 is 5.97 Å². The zero-order valence-electron chi connectivity index (χ0n) is 21.4. The normalized spacial score (nSPS) is 15.5. The molecule has 1 atom stereocenters. The second-order valence-corrected chi connectivity index (χ2v) is 9.59. The third kappa shape index (κ3) is 4.46. The zero-order chi connectivity index (χ0) is 28.0. The number of carboxylic acid groups (broad SMARTS) is 1. The van der Waals surface area contributed by atoms with E-state index in [9.17, 15) is 23.9 Å². The van der Waals surface area contributed by atoms with Crippen LogP contribution in [0, 0.1) is 12.7 Å². The fourth-order valence-corrected chi connectivity index (χ4v) is 5.18. The number of nitrogens with one attached hydrogen (secondary N) is 2. The number of nitrogens with zero attached hydrogens (tertiary/aromatic N) is 3. The van der Waals surface area contributed by atoms with E-state index in [4.69, 9.17) is 9.47 Å². The summed E-state index contributed by atoms with van der Waals surface area (Å²) in [5, 5.41) is 19.0. The molecule has 2 aromatic carbocycles. The Hall–Kier alpha value is -5.00. The number of aromatic carboxylic acids is 1. The van der Waals surface area contributed by atoms with E-state index in [1.54, 1.807) is 31.2 Å². The van der Waals surface area contributed by atoms with Gasteiger partial charge in [0, 0.05) is 12.6 Å². The van der Waals surface area contributed by atoms with Gasteiger partial charge in [-0.25, -0.2) is 18.7 Å². The lowest BCUT2D eigenvalue weighted by atomic mass is 9.98. The minimum absolute atomic E-state index is 0.0642. The molecule has 40 heavy (non-hydrogen) atoms. The molecule has 204 valence electrons. The van der Waals surface area contributed by atoms with Crippen LogP contribution in [0.1, 0.15) is 66.1 Å². The van der Waals surface area contributed by atoms with Crippen molar-refractivity contribution in [3.05, 3.63) is 87.6 Å². The van der Waals surface area contributed by atoms with Crippen molar-refractivity contribution in [2.75, 3.05) is 13.2 Å². The Balaban J connectivity index is 1.24. The molecular weight excluding hydrogens is 521 g/mol. The van der Waals surface area contributed by atoms with E-state index in [0.29, 0.717) is 43.1 Å². The molecule has 12 heteroatoms. The molecule has 0 radical (unpaired) electrons. The Morgan fingerprint density at radius 3 is 2.70 bits per heavy atom. The number of halogens is 1. The number of aromatic nitrogens is 3. The number of amides is 2. The summed E-state index contributed by atoms with van der Waals surface area (Å²) in [6.45, 7) is 2.80. The van der Waals surface area contributed by atoms with Gasteiger partial charge in [-0.1, -0.05) is 12.1 Å². The van der Waals surface area contributed by atoms with Crippen LogP contribution >= 0.6 is 0 Å². The minimum Gasteiger partial charge on any atom is -0.486 e. The largest absolute Gasteiger partial charge is 0.486 e. The third-order valence-corrected chi connectivity index (χ3v) is 7.18. The molecule has 0 bridgehead atoms. The van der Waals surface area contributed by atoms with Gasteiger partial charge in [-0.2, -0.15) is 5.10 Å². The van der Waals surface area contributed by atoms with Gasteiger partial charge < -0.3 is 25.2 Å². The van der Waals surface area contributed by atoms with E-state index in [0.717, 1.165) is 27.4 Å². The average molecular weight is 546 g/mol. The highest BCUT2D eigenvalue weighted by Gasteiger charge is 2.29. The number of hydrogen-bond acceptors (Lipinski definition) is 7. The van der Waals surface area contributed by atoms with Gasteiger partial charge in [0.15, 0.2) is 23.0 Å². The SMILES string of the molecule is Cc1c(C(=O)O)ccc2c1CC[C@H]2NC(=O)c1cc(C(=O)NCc2ccc3c(c2)OCCO3)nc2c(F)cnn12.